The second-order valence-electron chi connectivity index (χ2n) is 4.13. The van der Waals surface area contributed by atoms with Crippen molar-refractivity contribution in [1.82, 2.24) is 9.97 Å². The number of rotatable bonds is 4. The summed E-state index contributed by atoms with van der Waals surface area (Å²) in [5.74, 6) is 2.98. The maximum Gasteiger partial charge on any atom is 0.224 e. The molecule has 1 aromatic heterocycles. The van der Waals surface area contributed by atoms with E-state index >= 15 is 0 Å². The van der Waals surface area contributed by atoms with Gasteiger partial charge in [-0.3, -0.25) is 4.21 Å². The monoisotopic (exact) mass is 332 g/mol. The third-order valence-corrected chi connectivity index (χ3v) is 4.57. The standard InChI is InChI=1S/C11H17BrN4OS/c1-2-3-13-11-14-8-9(12)10(15-11)16-4-6-18(17)7-5-16/h8H,2-7H2,1H3,(H,13,14,15). The first-order valence-electron chi connectivity index (χ1n) is 6.07. The Morgan fingerprint density at radius 1 is 1.50 bits per heavy atom. The molecular formula is C11H17BrN4OS. The number of hydrogen-bond acceptors (Lipinski definition) is 5. The molecule has 1 fully saturated rings. The number of nitrogens with zero attached hydrogens (tertiary/aromatic N) is 3. The summed E-state index contributed by atoms with van der Waals surface area (Å²) in [6.07, 6.45) is 2.81. The second-order valence-corrected chi connectivity index (χ2v) is 6.68. The van der Waals surface area contributed by atoms with Crippen LogP contribution in [0.1, 0.15) is 13.3 Å². The van der Waals surface area contributed by atoms with Gasteiger partial charge in [-0.1, -0.05) is 6.92 Å². The molecule has 1 aliphatic rings. The van der Waals surface area contributed by atoms with Gasteiger partial charge in [-0.2, -0.15) is 4.98 Å². The Balaban J connectivity index is 2.12. The van der Waals surface area contributed by atoms with Gasteiger partial charge in [0, 0.05) is 48.1 Å². The van der Waals surface area contributed by atoms with Crippen molar-refractivity contribution in [2.45, 2.75) is 13.3 Å². The third kappa shape index (κ3) is 3.41. The predicted octanol–water partition coefficient (Wildman–Crippen LogP) is 1.63. The van der Waals surface area contributed by atoms with Gasteiger partial charge in [-0.15, -0.1) is 0 Å². The SMILES string of the molecule is CCCNc1ncc(Br)c(N2CCS(=O)CC2)n1. The minimum atomic E-state index is -0.667. The fourth-order valence-corrected chi connectivity index (χ4v) is 3.25. The highest BCUT2D eigenvalue weighted by Crippen LogP contribution is 2.25. The lowest BCUT2D eigenvalue weighted by Crippen LogP contribution is -2.38. The Bertz CT molecular complexity index is 433. The zero-order valence-electron chi connectivity index (χ0n) is 10.4. The van der Waals surface area contributed by atoms with Gasteiger partial charge in [0.15, 0.2) is 0 Å². The molecule has 18 heavy (non-hydrogen) atoms. The summed E-state index contributed by atoms with van der Waals surface area (Å²) in [6.45, 7) is 4.54. The molecular weight excluding hydrogens is 316 g/mol. The molecule has 1 saturated heterocycles. The first-order chi connectivity index (χ1) is 8.70. The summed E-state index contributed by atoms with van der Waals surface area (Å²) in [7, 11) is -0.667. The molecule has 100 valence electrons. The van der Waals surface area contributed by atoms with E-state index in [0.29, 0.717) is 17.5 Å². The number of hydrogen-bond donors (Lipinski definition) is 1. The predicted molar refractivity (Wildman–Crippen MR) is 78.6 cm³/mol. The number of aromatic nitrogens is 2. The van der Waals surface area contributed by atoms with Crippen molar-refractivity contribution in [3.63, 3.8) is 0 Å². The molecule has 0 spiro atoms. The van der Waals surface area contributed by atoms with Gasteiger partial charge in [0.1, 0.15) is 5.82 Å². The van der Waals surface area contributed by atoms with Crippen molar-refractivity contribution in [1.29, 1.82) is 0 Å². The topological polar surface area (TPSA) is 58.1 Å². The Hall–Kier alpha value is -0.690. The van der Waals surface area contributed by atoms with E-state index in [1.807, 2.05) is 0 Å². The van der Waals surface area contributed by atoms with Crippen LogP contribution in [0.25, 0.3) is 0 Å². The zero-order chi connectivity index (χ0) is 13.0. The molecule has 0 aromatic carbocycles. The molecule has 0 radical (unpaired) electrons. The van der Waals surface area contributed by atoms with Gasteiger partial charge >= 0.3 is 0 Å². The average Bonchev–Trinajstić information content (AvgIpc) is 2.39. The summed E-state index contributed by atoms with van der Waals surface area (Å²) >= 11 is 3.48. The van der Waals surface area contributed by atoms with Crippen LogP contribution in [0, 0.1) is 0 Å². The first-order valence-corrected chi connectivity index (χ1v) is 8.35. The van der Waals surface area contributed by atoms with Gasteiger partial charge in [0.2, 0.25) is 5.95 Å². The smallest absolute Gasteiger partial charge is 0.224 e. The molecule has 1 aliphatic heterocycles. The molecule has 0 bridgehead atoms. The summed E-state index contributed by atoms with van der Waals surface area (Å²) in [5.41, 5.74) is 0. The number of halogens is 1. The van der Waals surface area contributed by atoms with Gasteiger partial charge in [0.25, 0.3) is 0 Å². The van der Waals surface area contributed by atoms with Gasteiger partial charge in [-0.25, -0.2) is 4.98 Å². The van der Waals surface area contributed by atoms with E-state index < -0.39 is 10.8 Å². The van der Waals surface area contributed by atoms with E-state index in [2.05, 4.69) is 43.0 Å². The third-order valence-electron chi connectivity index (χ3n) is 2.74. The van der Waals surface area contributed by atoms with Crippen LogP contribution in [-0.2, 0) is 10.8 Å². The molecule has 0 atom stereocenters. The lowest BCUT2D eigenvalue weighted by atomic mass is 10.4. The van der Waals surface area contributed by atoms with Crippen molar-refractivity contribution in [3.05, 3.63) is 10.7 Å². The van der Waals surface area contributed by atoms with Crippen LogP contribution < -0.4 is 10.2 Å². The van der Waals surface area contributed by atoms with Crippen molar-refractivity contribution in [2.24, 2.45) is 0 Å². The van der Waals surface area contributed by atoms with E-state index in [-0.39, 0.29) is 0 Å². The van der Waals surface area contributed by atoms with Gasteiger partial charge < -0.3 is 10.2 Å². The molecule has 1 aromatic rings. The summed E-state index contributed by atoms with van der Waals surface area (Å²) in [4.78, 5) is 10.9. The van der Waals surface area contributed by atoms with Crippen LogP contribution in [-0.4, -0.2) is 45.3 Å². The largest absolute Gasteiger partial charge is 0.354 e. The van der Waals surface area contributed by atoms with Gasteiger partial charge in [-0.05, 0) is 22.4 Å². The van der Waals surface area contributed by atoms with Crippen LogP contribution >= 0.6 is 15.9 Å². The van der Waals surface area contributed by atoms with Crippen LogP contribution in [0.15, 0.2) is 10.7 Å². The maximum atomic E-state index is 11.4. The average molecular weight is 333 g/mol. The fourth-order valence-electron chi connectivity index (χ4n) is 1.75. The Morgan fingerprint density at radius 2 is 2.22 bits per heavy atom. The quantitative estimate of drug-likeness (QED) is 0.908. The maximum absolute atomic E-state index is 11.4. The molecule has 2 rings (SSSR count). The lowest BCUT2D eigenvalue weighted by Gasteiger charge is -2.28. The van der Waals surface area contributed by atoms with E-state index in [4.69, 9.17) is 0 Å². The molecule has 0 amide bonds. The highest BCUT2D eigenvalue weighted by Gasteiger charge is 2.19. The summed E-state index contributed by atoms with van der Waals surface area (Å²) < 4.78 is 12.2. The number of anilines is 2. The van der Waals surface area contributed by atoms with E-state index in [0.717, 1.165) is 36.3 Å². The van der Waals surface area contributed by atoms with Crippen LogP contribution in [0.3, 0.4) is 0 Å². The van der Waals surface area contributed by atoms with Crippen molar-refractivity contribution >= 4 is 38.5 Å². The summed E-state index contributed by atoms with van der Waals surface area (Å²) in [6, 6.07) is 0. The second kappa shape index (κ2) is 6.47. The summed E-state index contributed by atoms with van der Waals surface area (Å²) in [5, 5.41) is 3.18. The normalized spacial score (nSPS) is 16.9. The van der Waals surface area contributed by atoms with E-state index in [1.54, 1.807) is 6.20 Å². The molecule has 0 unspecified atom stereocenters. The van der Waals surface area contributed by atoms with E-state index in [1.165, 1.54) is 0 Å². The molecule has 0 aliphatic carbocycles. The van der Waals surface area contributed by atoms with Crippen LogP contribution in [0.2, 0.25) is 0 Å². The van der Waals surface area contributed by atoms with Crippen LogP contribution in [0.5, 0.6) is 0 Å². The van der Waals surface area contributed by atoms with Crippen molar-refractivity contribution < 1.29 is 4.21 Å². The minimum Gasteiger partial charge on any atom is -0.354 e. The van der Waals surface area contributed by atoms with Crippen LogP contribution in [0.4, 0.5) is 11.8 Å². The number of nitrogens with one attached hydrogen (secondary N) is 1. The Kier molecular flexibility index (Phi) is 4.94. The lowest BCUT2D eigenvalue weighted by molar-refractivity contribution is 0.672. The molecule has 5 nitrogen and oxygen atoms in total. The van der Waals surface area contributed by atoms with E-state index in [9.17, 15) is 4.21 Å². The Labute approximate surface area is 118 Å². The minimum absolute atomic E-state index is 0.654. The molecule has 1 N–H and O–H groups in total. The highest BCUT2D eigenvalue weighted by molar-refractivity contribution is 9.10. The highest BCUT2D eigenvalue weighted by atomic mass is 79.9. The fraction of sp³-hybridized carbons (Fsp3) is 0.636. The molecule has 0 saturated carbocycles. The zero-order valence-corrected chi connectivity index (χ0v) is 12.8. The molecule has 7 heteroatoms. The first kappa shape index (κ1) is 13.7. The van der Waals surface area contributed by atoms with Crippen molar-refractivity contribution in [3.8, 4) is 0 Å². The van der Waals surface area contributed by atoms with Crippen molar-refractivity contribution in [2.75, 3.05) is 41.4 Å². The van der Waals surface area contributed by atoms with Gasteiger partial charge in [0.05, 0.1) is 4.47 Å². The molecule has 2 heterocycles. The Morgan fingerprint density at radius 3 is 2.89 bits per heavy atom.